The second-order valence-electron chi connectivity index (χ2n) is 7.83. The highest BCUT2D eigenvalue weighted by Crippen LogP contribution is 2.22. The molecule has 1 fully saturated rings. The maximum atomic E-state index is 13.4. The van der Waals surface area contributed by atoms with E-state index in [1.54, 1.807) is 30.2 Å². The first-order chi connectivity index (χ1) is 15.8. The highest BCUT2D eigenvalue weighted by molar-refractivity contribution is 7.89. The Kier molecular flexibility index (Phi) is 8.54. The number of ether oxygens (including phenoxy) is 1. The van der Waals surface area contributed by atoms with Gasteiger partial charge < -0.3 is 15.0 Å². The number of carbonyl (C=O) groups excluding carboxylic acids is 2. The summed E-state index contributed by atoms with van der Waals surface area (Å²) in [5.74, 6) is -1.16. The number of nitrogens with zero attached hydrogens (tertiary/aromatic N) is 1. The fourth-order valence-corrected chi connectivity index (χ4v) is 4.69. The summed E-state index contributed by atoms with van der Waals surface area (Å²) in [5, 5.41) is 2.81. The van der Waals surface area contributed by atoms with Crippen molar-refractivity contribution in [3.63, 3.8) is 0 Å². The molecule has 1 heterocycles. The molecule has 0 bridgehead atoms. The van der Waals surface area contributed by atoms with Crippen LogP contribution in [0.3, 0.4) is 0 Å². The van der Waals surface area contributed by atoms with Crippen molar-refractivity contribution in [1.82, 2.24) is 9.62 Å². The molecule has 178 valence electrons. The van der Waals surface area contributed by atoms with Crippen molar-refractivity contribution in [2.75, 3.05) is 38.7 Å². The summed E-state index contributed by atoms with van der Waals surface area (Å²) in [4.78, 5) is 26.9. The average molecular weight is 478 g/mol. The van der Waals surface area contributed by atoms with E-state index >= 15 is 0 Å². The fraction of sp³-hybridized carbons (Fsp3) is 0.391. The molecule has 33 heavy (non-hydrogen) atoms. The lowest BCUT2D eigenvalue weighted by Crippen LogP contribution is -2.41. The Morgan fingerprint density at radius 3 is 2.45 bits per heavy atom. The SMILES string of the molecule is COCCCNS(=O)(=O)c1ccc(NC(=O)C2CCN(C(=O)c3cccc(F)c3)CC2)cc1. The minimum absolute atomic E-state index is 0.113. The van der Waals surface area contributed by atoms with Crippen molar-refractivity contribution in [3.8, 4) is 0 Å². The predicted octanol–water partition coefficient (Wildman–Crippen LogP) is 2.63. The zero-order chi connectivity index (χ0) is 23.8. The van der Waals surface area contributed by atoms with E-state index in [4.69, 9.17) is 4.74 Å². The Hall–Kier alpha value is -2.82. The third-order valence-electron chi connectivity index (χ3n) is 5.47. The summed E-state index contributed by atoms with van der Waals surface area (Å²) in [5.41, 5.74) is 0.790. The first kappa shape index (κ1) is 24.8. The van der Waals surface area contributed by atoms with Gasteiger partial charge in [0, 0.05) is 50.5 Å². The molecular formula is C23H28FN3O5S. The molecule has 1 saturated heterocycles. The van der Waals surface area contributed by atoms with Crippen LogP contribution < -0.4 is 10.0 Å². The number of sulfonamides is 1. The second kappa shape index (κ2) is 11.4. The smallest absolute Gasteiger partial charge is 0.253 e. The molecule has 0 radical (unpaired) electrons. The van der Waals surface area contributed by atoms with Crippen LogP contribution in [0.4, 0.5) is 10.1 Å². The number of likely N-dealkylation sites (tertiary alicyclic amines) is 1. The third-order valence-corrected chi connectivity index (χ3v) is 6.95. The molecule has 0 atom stereocenters. The average Bonchev–Trinajstić information content (AvgIpc) is 2.82. The molecule has 0 saturated carbocycles. The number of hydrogen-bond donors (Lipinski definition) is 2. The molecular weight excluding hydrogens is 449 g/mol. The third kappa shape index (κ3) is 6.83. The van der Waals surface area contributed by atoms with Gasteiger partial charge in [0.15, 0.2) is 0 Å². The van der Waals surface area contributed by atoms with Gasteiger partial charge in [0.1, 0.15) is 5.82 Å². The van der Waals surface area contributed by atoms with Crippen LogP contribution in [0.5, 0.6) is 0 Å². The van der Waals surface area contributed by atoms with E-state index in [2.05, 4.69) is 10.0 Å². The number of benzene rings is 2. The van der Waals surface area contributed by atoms with Crippen LogP contribution in [0.2, 0.25) is 0 Å². The minimum atomic E-state index is -3.63. The summed E-state index contributed by atoms with van der Waals surface area (Å²) in [6.45, 7) is 1.54. The van der Waals surface area contributed by atoms with Crippen LogP contribution in [0.15, 0.2) is 53.4 Å². The Balaban J connectivity index is 1.50. The molecule has 8 nitrogen and oxygen atoms in total. The van der Waals surface area contributed by atoms with Crippen LogP contribution in [0.1, 0.15) is 29.6 Å². The summed E-state index contributed by atoms with van der Waals surface area (Å²) < 4.78 is 45.4. The normalized spacial score (nSPS) is 14.8. The molecule has 2 aromatic carbocycles. The molecule has 10 heteroatoms. The molecule has 0 spiro atoms. The molecule has 2 aromatic rings. The van der Waals surface area contributed by atoms with E-state index in [1.165, 1.54) is 30.3 Å². The van der Waals surface area contributed by atoms with Gasteiger partial charge in [0.25, 0.3) is 5.91 Å². The lowest BCUT2D eigenvalue weighted by atomic mass is 9.95. The molecule has 0 aliphatic carbocycles. The lowest BCUT2D eigenvalue weighted by molar-refractivity contribution is -0.121. The first-order valence-corrected chi connectivity index (χ1v) is 12.2. The first-order valence-electron chi connectivity index (χ1n) is 10.7. The van der Waals surface area contributed by atoms with Crippen molar-refractivity contribution in [2.45, 2.75) is 24.2 Å². The second-order valence-corrected chi connectivity index (χ2v) is 9.60. The van der Waals surface area contributed by atoms with Crippen molar-refractivity contribution in [2.24, 2.45) is 5.92 Å². The summed E-state index contributed by atoms with van der Waals surface area (Å²) >= 11 is 0. The highest BCUT2D eigenvalue weighted by atomic mass is 32.2. The number of methoxy groups -OCH3 is 1. The van der Waals surface area contributed by atoms with Gasteiger partial charge in [-0.05, 0) is 61.7 Å². The number of hydrogen-bond acceptors (Lipinski definition) is 5. The fourth-order valence-electron chi connectivity index (χ4n) is 3.62. The Morgan fingerprint density at radius 1 is 1.12 bits per heavy atom. The number of piperidine rings is 1. The number of carbonyl (C=O) groups is 2. The van der Waals surface area contributed by atoms with E-state index in [0.717, 1.165) is 0 Å². The maximum Gasteiger partial charge on any atom is 0.253 e. The Bertz CT molecular complexity index is 1070. The van der Waals surface area contributed by atoms with Gasteiger partial charge in [-0.25, -0.2) is 17.5 Å². The number of amides is 2. The topological polar surface area (TPSA) is 105 Å². The molecule has 1 aliphatic rings. The molecule has 0 unspecified atom stereocenters. The number of halogens is 1. The minimum Gasteiger partial charge on any atom is -0.385 e. The van der Waals surface area contributed by atoms with E-state index in [9.17, 15) is 22.4 Å². The molecule has 2 amide bonds. The van der Waals surface area contributed by atoms with Gasteiger partial charge in [-0.3, -0.25) is 9.59 Å². The van der Waals surface area contributed by atoms with Crippen molar-refractivity contribution in [1.29, 1.82) is 0 Å². The zero-order valence-corrected chi connectivity index (χ0v) is 19.2. The van der Waals surface area contributed by atoms with Crippen LogP contribution in [0.25, 0.3) is 0 Å². The van der Waals surface area contributed by atoms with Crippen molar-refractivity contribution in [3.05, 3.63) is 59.9 Å². The van der Waals surface area contributed by atoms with Crippen molar-refractivity contribution >= 4 is 27.5 Å². The van der Waals surface area contributed by atoms with Crippen molar-refractivity contribution < 1.29 is 27.1 Å². The van der Waals surface area contributed by atoms with E-state index < -0.39 is 15.8 Å². The van der Waals surface area contributed by atoms with Crippen LogP contribution in [-0.4, -0.2) is 58.5 Å². The largest absolute Gasteiger partial charge is 0.385 e. The van der Waals surface area contributed by atoms with Gasteiger partial charge in [-0.15, -0.1) is 0 Å². The van der Waals surface area contributed by atoms with Gasteiger partial charge in [0.05, 0.1) is 4.90 Å². The number of nitrogens with one attached hydrogen (secondary N) is 2. The number of rotatable bonds is 9. The van der Waals surface area contributed by atoms with E-state index in [-0.39, 0.29) is 29.2 Å². The van der Waals surface area contributed by atoms with Crippen LogP contribution >= 0.6 is 0 Å². The highest BCUT2D eigenvalue weighted by Gasteiger charge is 2.28. The van der Waals surface area contributed by atoms with Crippen LogP contribution in [-0.2, 0) is 19.6 Å². The lowest BCUT2D eigenvalue weighted by Gasteiger charge is -2.31. The van der Waals surface area contributed by atoms with Crippen LogP contribution in [0, 0.1) is 11.7 Å². The molecule has 0 aromatic heterocycles. The maximum absolute atomic E-state index is 13.4. The zero-order valence-electron chi connectivity index (χ0n) is 18.4. The standard InChI is InChI=1S/C23H28FN3O5S/c1-32-15-3-12-25-33(30,31)21-8-6-20(7-9-21)26-22(28)17-10-13-27(14-11-17)23(29)18-4-2-5-19(24)16-18/h2,4-9,16-17,25H,3,10-15H2,1H3,(H,26,28). The van der Waals surface area contributed by atoms with Gasteiger partial charge in [-0.1, -0.05) is 6.07 Å². The quantitative estimate of drug-likeness (QED) is 0.541. The summed E-state index contributed by atoms with van der Waals surface area (Å²) in [7, 11) is -2.07. The van der Waals surface area contributed by atoms with E-state index in [1.807, 2.05) is 0 Å². The molecule has 1 aliphatic heterocycles. The van der Waals surface area contributed by atoms with E-state index in [0.29, 0.717) is 50.2 Å². The Labute approximate surface area is 193 Å². The van der Waals surface area contributed by atoms with Gasteiger partial charge in [-0.2, -0.15) is 0 Å². The summed E-state index contributed by atoms with van der Waals surface area (Å²) in [6.07, 6.45) is 1.55. The monoisotopic (exact) mass is 477 g/mol. The predicted molar refractivity (Wildman–Crippen MR) is 122 cm³/mol. The Morgan fingerprint density at radius 2 is 1.82 bits per heavy atom. The van der Waals surface area contributed by atoms with Gasteiger partial charge in [0.2, 0.25) is 15.9 Å². The van der Waals surface area contributed by atoms with Gasteiger partial charge >= 0.3 is 0 Å². The molecule has 2 N–H and O–H groups in total. The molecule has 3 rings (SSSR count). The number of anilines is 1. The summed E-state index contributed by atoms with van der Waals surface area (Å²) in [6, 6.07) is 11.5.